The highest BCUT2D eigenvalue weighted by Gasteiger charge is 2.04. The van der Waals surface area contributed by atoms with Crippen molar-refractivity contribution >= 4 is 16.8 Å². The molecule has 1 aliphatic carbocycles. The second-order valence-corrected chi connectivity index (χ2v) is 1.94. The van der Waals surface area contributed by atoms with Gasteiger partial charge in [0.05, 0.1) is 0 Å². The lowest BCUT2D eigenvalue weighted by Crippen LogP contribution is -1.87. The number of carbonyl (C=O) groups excluding carboxylic acids is 1. The predicted octanol–water partition coefficient (Wildman–Crippen LogP) is 1.64. The van der Waals surface area contributed by atoms with E-state index in [9.17, 15) is 4.79 Å². The SMILES string of the molecule is O=C(Cl)C1=CC=CC1. The van der Waals surface area contributed by atoms with Crippen LogP contribution in [0, 0.1) is 0 Å². The van der Waals surface area contributed by atoms with Crippen molar-refractivity contribution in [3.05, 3.63) is 23.8 Å². The van der Waals surface area contributed by atoms with E-state index in [1.165, 1.54) is 0 Å². The number of halogens is 1. The smallest absolute Gasteiger partial charge is 0.248 e. The van der Waals surface area contributed by atoms with Crippen LogP contribution in [0.3, 0.4) is 0 Å². The van der Waals surface area contributed by atoms with Gasteiger partial charge in [0.25, 0.3) is 0 Å². The summed E-state index contributed by atoms with van der Waals surface area (Å²) in [5, 5.41) is -0.338. The molecule has 0 aromatic heterocycles. The fourth-order valence-corrected chi connectivity index (χ4v) is 0.733. The maximum atomic E-state index is 10.3. The Morgan fingerprint density at radius 1 is 1.75 bits per heavy atom. The molecule has 1 nitrogen and oxygen atoms in total. The van der Waals surface area contributed by atoms with Gasteiger partial charge in [0.1, 0.15) is 0 Å². The molecular formula is C6H5ClO. The van der Waals surface area contributed by atoms with Crippen molar-refractivity contribution in [1.82, 2.24) is 0 Å². The third kappa shape index (κ3) is 0.984. The van der Waals surface area contributed by atoms with E-state index in [1.807, 2.05) is 12.2 Å². The maximum Gasteiger partial charge on any atom is 0.248 e. The van der Waals surface area contributed by atoms with Crippen molar-refractivity contribution in [2.75, 3.05) is 0 Å². The van der Waals surface area contributed by atoms with Crippen LogP contribution in [0.15, 0.2) is 23.8 Å². The van der Waals surface area contributed by atoms with E-state index >= 15 is 0 Å². The Labute approximate surface area is 52.6 Å². The van der Waals surface area contributed by atoms with Crippen molar-refractivity contribution in [3.8, 4) is 0 Å². The maximum absolute atomic E-state index is 10.3. The van der Waals surface area contributed by atoms with Gasteiger partial charge in [-0.05, 0) is 18.0 Å². The number of hydrogen-bond acceptors (Lipinski definition) is 1. The van der Waals surface area contributed by atoms with Crippen molar-refractivity contribution in [2.45, 2.75) is 6.42 Å². The standard InChI is InChI=1S/C6H5ClO/c7-6(8)5-3-1-2-4-5/h1-3H,4H2. The van der Waals surface area contributed by atoms with Gasteiger partial charge in [-0.25, -0.2) is 0 Å². The van der Waals surface area contributed by atoms with Crippen LogP contribution in [0.5, 0.6) is 0 Å². The van der Waals surface area contributed by atoms with E-state index in [0.717, 1.165) is 0 Å². The summed E-state index contributed by atoms with van der Waals surface area (Å²) in [6.45, 7) is 0. The van der Waals surface area contributed by atoms with Gasteiger partial charge >= 0.3 is 0 Å². The molecule has 42 valence electrons. The third-order valence-electron chi connectivity index (χ3n) is 1.02. The molecule has 0 atom stereocenters. The fourth-order valence-electron chi connectivity index (χ4n) is 0.593. The minimum Gasteiger partial charge on any atom is -0.276 e. The van der Waals surface area contributed by atoms with E-state index in [0.29, 0.717) is 12.0 Å². The molecule has 0 N–H and O–H groups in total. The van der Waals surface area contributed by atoms with Crippen LogP contribution in [-0.2, 0) is 4.79 Å². The van der Waals surface area contributed by atoms with Gasteiger partial charge in [-0.15, -0.1) is 0 Å². The average Bonchev–Trinajstić information content (AvgIpc) is 2.12. The number of hydrogen-bond donors (Lipinski definition) is 0. The van der Waals surface area contributed by atoms with E-state index in [1.54, 1.807) is 6.08 Å². The Morgan fingerprint density at radius 3 is 2.75 bits per heavy atom. The summed E-state index contributed by atoms with van der Waals surface area (Å²) in [7, 11) is 0. The Balaban J connectivity index is 2.64. The first-order chi connectivity index (χ1) is 3.80. The fraction of sp³-hybridized carbons (Fsp3) is 0.167. The summed E-state index contributed by atoms with van der Waals surface area (Å²) in [4.78, 5) is 10.3. The van der Waals surface area contributed by atoms with Gasteiger partial charge in [0.15, 0.2) is 0 Å². The summed E-state index contributed by atoms with van der Waals surface area (Å²) in [5.41, 5.74) is 0.687. The van der Waals surface area contributed by atoms with Crippen LogP contribution in [0.2, 0.25) is 0 Å². The van der Waals surface area contributed by atoms with Gasteiger partial charge in [0, 0.05) is 5.57 Å². The number of allylic oxidation sites excluding steroid dienone is 4. The first-order valence-corrected chi connectivity index (χ1v) is 2.74. The molecule has 0 aromatic carbocycles. The first kappa shape index (κ1) is 5.57. The molecule has 2 heteroatoms. The van der Waals surface area contributed by atoms with E-state index in [-0.39, 0.29) is 5.24 Å². The van der Waals surface area contributed by atoms with E-state index < -0.39 is 0 Å². The van der Waals surface area contributed by atoms with Crippen LogP contribution < -0.4 is 0 Å². The molecule has 0 heterocycles. The molecule has 1 aliphatic rings. The van der Waals surface area contributed by atoms with Crippen LogP contribution in [-0.4, -0.2) is 5.24 Å². The normalized spacial score (nSPS) is 16.4. The lowest BCUT2D eigenvalue weighted by Gasteiger charge is -1.85. The van der Waals surface area contributed by atoms with Gasteiger partial charge < -0.3 is 0 Å². The lowest BCUT2D eigenvalue weighted by molar-refractivity contribution is -0.108. The Bertz CT molecular complexity index is 167. The molecule has 0 spiro atoms. The Hall–Kier alpha value is -0.560. The number of carbonyl (C=O) groups is 1. The minimum absolute atomic E-state index is 0.338. The van der Waals surface area contributed by atoms with Crippen molar-refractivity contribution in [2.24, 2.45) is 0 Å². The lowest BCUT2D eigenvalue weighted by atomic mass is 10.3. The van der Waals surface area contributed by atoms with Crippen LogP contribution in [0.1, 0.15) is 6.42 Å². The molecule has 0 aromatic rings. The molecule has 1 rings (SSSR count). The second kappa shape index (κ2) is 2.14. The van der Waals surface area contributed by atoms with E-state index in [4.69, 9.17) is 11.6 Å². The first-order valence-electron chi connectivity index (χ1n) is 2.36. The topological polar surface area (TPSA) is 17.1 Å². The molecule has 0 amide bonds. The minimum atomic E-state index is -0.338. The summed E-state index contributed by atoms with van der Waals surface area (Å²) in [6.07, 6.45) is 6.16. The van der Waals surface area contributed by atoms with Crippen LogP contribution >= 0.6 is 11.6 Å². The third-order valence-corrected chi connectivity index (χ3v) is 1.27. The van der Waals surface area contributed by atoms with Crippen molar-refractivity contribution in [1.29, 1.82) is 0 Å². The second-order valence-electron chi connectivity index (χ2n) is 1.60. The molecule has 0 aliphatic heterocycles. The van der Waals surface area contributed by atoms with Crippen molar-refractivity contribution < 1.29 is 4.79 Å². The highest BCUT2D eigenvalue weighted by atomic mass is 35.5. The molecule has 8 heavy (non-hydrogen) atoms. The average molecular weight is 129 g/mol. The highest BCUT2D eigenvalue weighted by molar-refractivity contribution is 6.67. The molecule has 0 radical (unpaired) electrons. The molecule has 0 bridgehead atoms. The molecule has 0 saturated carbocycles. The highest BCUT2D eigenvalue weighted by Crippen LogP contribution is 2.12. The summed E-state index contributed by atoms with van der Waals surface area (Å²) >= 11 is 5.14. The number of rotatable bonds is 1. The molecule has 0 fully saturated rings. The molecule has 0 unspecified atom stereocenters. The summed E-state index contributed by atoms with van der Waals surface area (Å²) in [5.74, 6) is 0. The Morgan fingerprint density at radius 2 is 2.50 bits per heavy atom. The zero-order chi connectivity index (χ0) is 5.98. The van der Waals surface area contributed by atoms with Gasteiger partial charge in [0.2, 0.25) is 5.24 Å². The Kier molecular flexibility index (Phi) is 1.49. The zero-order valence-corrected chi connectivity index (χ0v) is 4.98. The van der Waals surface area contributed by atoms with Crippen molar-refractivity contribution in [3.63, 3.8) is 0 Å². The predicted molar refractivity (Wildman–Crippen MR) is 32.7 cm³/mol. The molecule has 0 saturated heterocycles. The summed E-state index contributed by atoms with van der Waals surface area (Å²) < 4.78 is 0. The monoisotopic (exact) mass is 128 g/mol. The zero-order valence-electron chi connectivity index (χ0n) is 4.23. The van der Waals surface area contributed by atoms with Gasteiger partial charge in [-0.3, -0.25) is 4.79 Å². The van der Waals surface area contributed by atoms with Gasteiger partial charge in [-0.2, -0.15) is 0 Å². The summed E-state index contributed by atoms with van der Waals surface area (Å²) in [6, 6.07) is 0. The van der Waals surface area contributed by atoms with Crippen LogP contribution in [0.4, 0.5) is 0 Å². The quantitative estimate of drug-likeness (QED) is 0.491. The molecular weight excluding hydrogens is 124 g/mol. The largest absolute Gasteiger partial charge is 0.276 e. The van der Waals surface area contributed by atoms with E-state index in [2.05, 4.69) is 0 Å². The van der Waals surface area contributed by atoms with Crippen LogP contribution in [0.25, 0.3) is 0 Å². The van der Waals surface area contributed by atoms with Gasteiger partial charge in [-0.1, -0.05) is 18.2 Å².